The van der Waals surface area contributed by atoms with E-state index in [4.69, 9.17) is 0 Å². The number of aromatic nitrogens is 1. The molecule has 3 rings (SSSR count). The minimum absolute atomic E-state index is 0.121. The van der Waals surface area contributed by atoms with E-state index in [0.29, 0.717) is 16.4 Å². The van der Waals surface area contributed by atoms with Crippen molar-refractivity contribution in [3.05, 3.63) is 65.0 Å². The second-order valence-corrected chi connectivity index (χ2v) is 6.20. The number of carbonyl (C=O) groups excluding carboxylic acids is 2. The van der Waals surface area contributed by atoms with E-state index >= 15 is 0 Å². The first-order valence-electron chi connectivity index (χ1n) is 7.56. The van der Waals surface area contributed by atoms with Crippen LogP contribution in [-0.4, -0.2) is 16.8 Å². The molecule has 7 heteroatoms. The van der Waals surface area contributed by atoms with Crippen LogP contribution in [0.1, 0.15) is 16.6 Å². The number of hydrogen-bond donors (Lipinski definition) is 3. The summed E-state index contributed by atoms with van der Waals surface area (Å²) in [5.74, 6) is 0.187. The largest absolute Gasteiger partial charge is 0.354 e. The van der Waals surface area contributed by atoms with Gasteiger partial charge in [-0.05, 0) is 41.8 Å². The minimum atomic E-state index is -0.175. The van der Waals surface area contributed by atoms with Gasteiger partial charge in [0.1, 0.15) is 5.82 Å². The Morgan fingerprint density at radius 3 is 2.48 bits per heavy atom. The maximum absolute atomic E-state index is 12.0. The number of hydrogen-bond acceptors (Lipinski definition) is 5. The Labute approximate surface area is 148 Å². The maximum atomic E-state index is 12.0. The quantitative estimate of drug-likeness (QED) is 0.646. The van der Waals surface area contributed by atoms with Crippen LogP contribution in [0, 0.1) is 0 Å². The molecule has 0 fully saturated rings. The third-order valence-electron chi connectivity index (χ3n) is 3.22. The lowest BCUT2D eigenvalue weighted by Gasteiger charge is -2.09. The molecule has 3 N–H and O–H groups in total. The van der Waals surface area contributed by atoms with Crippen LogP contribution in [0.15, 0.2) is 60.1 Å². The van der Waals surface area contributed by atoms with Crippen molar-refractivity contribution in [2.45, 2.75) is 6.92 Å². The van der Waals surface area contributed by atoms with Crippen LogP contribution in [0.2, 0.25) is 0 Å². The van der Waals surface area contributed by atoms with Gasteiger partial charge in [0, 0.05) is 18.3 Å². The van der Waals surface area contributed by atoms with Crippen molar-refractivity contribution < 1.29 is 9.59 Å². The number of nitrogens with one attached hydrogen (secondary N) is 3. The van der Waals surface area contributed by atoms with E-state index in [-0.39, 0.29) is 11.8 Å². The Morgan fingerprint density at radius 2 is 1.80 bits per heavy atom. The molecule has 3 aromatic rings. The number of nitrogens with zero attached hydrogens (tertiary/aromatic N) is 1. The van der Waals surface area contributed by atoms with Crippen LogP contribution in [0.3, 0.4) is 0 Å². The van der Waals surface area contributed by atoms with Gasteiger partial charge in [-0.2, -0.15) is 0 Å². The third-order valence-corrected chi connectivity index (χ3v) is 4.09. The van der Waals surface area contributed by atoms with Crippen LogP contribution < -0.4 is 16.0 Å². The zero-order valence-electron chi connectivity index (χ0n) is 13.4. The first-order valence-corrected chi connectivity index (χ1v) is 8.44. The van der Waals surface area contributed by atoms with Crippen molar-refractivity contribution in [2.75, 3.05) is 16.0 Å². The molecular formula is C18H16N4O2S. The molecule has 25 heavy (non-hydrogen) atoms. The fourth-order valence-electron chi connectivity index (χ4n) is 2.17. The summed E-state index contributed by atoms with van der Waals surface area (Å²) in [5, 5.41) is 10.5. The highest BCUT2D eigenvalue weighted by molar-refractivity contribution is 7.12. The SMILES string of the molecule is CC(=O)Nc1cccc(Nc2ccc(NC(=O)c3cccs3)nc2)c1. The van der Waals surface area contributed by atoms with Gasteiger partial charge in [-0.1, -0.05) is 12.1 Å². The highest BCUT2D eigenvalue weighted by Crippen LogP contribution is 2.21. The first kappa shape index (κ1) is 16.7. The van der Waals surface area contributed by atoms with Gasteiger partial charge in [-0.3, -0.25) is 9.59 Å². The second kappa shape index (κ2) is 7.59. The fraction of sp³-hybridized carbons (Fsp3) is 0.0556. The van der Waals surface area contributed by atoms with Crippen molar-refractivity contribution in [2.24, 2.45) is 0 Å². The van der Waals surface area contributed by atoms with Crippen LogP contribution in [0.5, 0.6) is 0 Å². The van der Waals surface area contributed by atoms with Gasteiger partial charge in [0.2, 0.25) is 5.91 Å². The summed E-state index contributed by atoms with van der Waals surface area (Å²) in [6.07, 6.45) is 1.63. The van der Waals surface area contributed by atoms with E-state index in [1.54, 1.807) is 18.3 Å². The lowest BCUT2D eigenvalue weighted by molar-refractivity contribution is -0.114. The van der Waals surface area contributed by atoms with Crippen molar-refractivity contribution in [3.8, 4) is 0 Å². The molecule has 0 spiro atoms. The molecule has 0 atom stereocenters. The van der Waals surface area contributed by atoms with Gasteiger partial charge in [0.25, 0.3) is 5.91 Å². The molecule has 0 aliphatic carbocycles. The standard InChI is InChI=1S/C18H16N4O2S/c1-12(23)20-13-4-2-5-14(10-13)21-15-7-8-17(19-11-15)22-18(24)16-6-3-9-25-16/h2-11,21H,1H3,(H,20,23)(H,19,22,24). The van der Waals surface area contributed by atoms with E-state index in [9.17, 15) is 9.59 Å². The lowest BCUT2D eigenvalue weighted by atomic mass is 10.2. The molecule has 2 heterocycles. The number of thiophene rings is 1. The molecule has 0 aliphatic heterocycles. The Morgan fingerprint density at radius 1 is 0.960 bits per heavy atom. The van der Waals surface area contributed by atoms with Crippen LogP contribution in [-0.2, 0) is 4.79 Å². The number of amides is 2. The normalized spacial score (nSPS) is 10.1. The summed E-state index contributed by atoms with van der Waals surface area (Å²) in [6, 6.07) is 14.5. The summed E-state index contributed by atoms with van der Waals surface area (Å²) < 4.78 is 0. The van der Waals surface area contributed by atoms with Crippen molar-refractivity contribution in [1.29, 1.82) is 0 Å². The molecule has 0 saturated carbocycles. The first-order chi connectivity index (χ1) is 12.1. The number of anilines is 4. The predicted octanol–water partition coefficient (Wildman–Crippen LogP) is 4.10. The Bertz CT molecular complexity index is 876. The summed E-state index contributed by atoms with van der Waals surface area (Å²) >= 11 is 1.38. The predicted molar refractivity (Wildman–Crippen MR) is 101 cm³/mol. The Kier molecular flexibility index (Phi) is 5.06. The zero-order valence-corrected chi connectivity index (χ0v) is 14.3. The van der Waals surface area contributed by atoms with E-state index in [2.05, 4.69) is 20.9 Å². The van der Waals surface area contributed by atoms with E-state index in [0.717, 1.165) is 11.4 Å². The second-order valence-electron chi connectivity index (χ2n) is 5.25. The molecule has 0 saturated heterocycles. The highest BCUT2D eigenvalue weighted by Gasteiger charge is 2.07. The fourth-order valence-corrected chi connectivity index (χ4v) is 2.79. The number of benzene rings is 1. The van der Waals surface area contributed by atoms with E-state index < -0.39 is 0 Å². The molecule has 0 bridgehead atoms. The smallest absolute Gasteiger partial charge is 0.266 e. The van der Waals surface area contributed by atoms with E-state index in [1.165, 1.54) is 18.3 Å². The Balaban J connectivity index is 1.64. The molecule has 6 nitrogen and oxygen atoms in total. The monoisotopic (exact) mass is 352 g/mol. The molecule has 2 amide bonds. The minimum Gasteiger partial charge on any atom is -0.354 e. The zero-order chi connectivity index (χ0) is 17.6. The van der Waals surface area contributed by atoms with Crippen LogP contribution in [0.4, 0.5) is 22.9 Å². The van der Waals surface area contributed by atoms with Crippen molar-refractivity contribution >= 4 is 46.0 Å². The average molecular weight is 352 g/mol. The van der Waals surface area contributed by atoms with Crippen LogP contribution in [0.25, 0.3) is 0 Å². The summed E-state index contributed by atoms with van der Waals surface area (Å²) in [5.41, 5.74) is 2.31. The molecule has 1 aromatic carbocycles. The summed E-state index contributed by atoms with van der Waals surface area (Å²) in [4.78, 5) is 28.0. The van der Waals surface area contributed by atoms with Gasteiger partial charge >= 0.3 is 0 Å². The molecule has 0 radical (unpaired) electrons. The molecule has 126 valence electrons. The Hall–Kier alpha value is -3.19. The molecule has 2 aromatic heterocycles. The average Bonchev–Trinajstić information content (AvgIpc) is 3.11. The van der Waals surface area contributed by atoms with E-state index in [1.807, 2.05) is 41.8 Å². The molecule has 0 aliphatic rings. The number of rotatable bonds is 5. The topological polar surface area (TPSA) is 83.1 Å². The van der Waals surface area contributed by atoms with Gasteiger partial charge in [-0.15, -0.1) is 11.3 Å². The maximum Gasteiger partial charge on any atom is 0.266 e. The van der Waals surface area contributed by atoms with Gasteiger partial charge in [0.05, 0.1) is 16.8 Å². The highest BCUT2D eigenvalue weighted by atomic mass is 32.1. The summed E-state index contributed by atoms with van der Waals surface area (Å²) in [7, 11) is 0. The third kappa shape index (κ3) is 4.65. The van der Waals surface area contributed by atoms with Gasteiger partial charge in [-0.25, -0.2) is 4.98 Å². The molecule has 0 unspecified atom stereocenters. The number of pyridine rings is 1. The lowest BCUT2D eigenvalue weighted by Crippen LogP contribution is -2.11. The van der Waals surface area contributed by atoms with Crippen molar-refractivity contribution in [1.82, 2.24) is 4.98 Å². The van der Waals surface area contributed by atoms with Crippen LogP contribution >= 0.6 is 11.3 Å². The van der Waals surface area contributed by atoms with Gasteiger partial charge < -0.3 is 16.0 Å². The molecular weight excluding hydrogens is 336 g/mol. The van der Waals surface area contributed by atoms with Gasteiger partial charge in [0.15, 0.2) is 0 Å². The number of carbonyl (C=O) groups is 2. The summed E-state index contributed by atoms with van der Waals surface area (Å²) in [6.45, 7) is 1.47. The van der Waals surface area contributed by atoms with Crippen molar-refractivity contribution in [3.63, 3.8) is 0 Å².